The van der Waals surface area contributed by atoms with Crippen molar-refractivity contribution in [1.29, 1.82) is 5.26 Å². The monoisotopic (exact) mass is 280 g/mol. The van der Waals surface area contributed by atoms with Crippen molar-refractivity contribution in [3.8, 4) is 6.07 Å². The smallest absolute Gasteiger partial charge is 0.176 e. The zero-order chi connectivity index (χ0) is 15.7. The molecule has 0 radical (unpaired) electrons. The zero-order valence-electron chi connectivity index (χ0n) is 12.7. The second-order valence-corrected chi connectivity index (χ2v) is 4.85. The molecule has 0 unspecified atom stereocenters. The van der Waals surface area contributed by atoms with Crippen LogP contribution in [0.3, 0.4) is 0 Å². The molecule has 0 saturated heterocycles. The van der Waals surface area contributed by atoms with Crippen molar-refractivity contribution in [2.75, 3.05) is 19.0 Å². The normalized spacial score (nSPS) is 9.05. The van der Waals surface area contributed by atoms with E-state index in [2.05, 4.69) is 19.1 Å². The predicted octanol–water partition coefficient (Wildman–Crippen LogP) is 3.84. The van der Waals surface area contributed by atoms with Gasteiger partial charge in [-0.15, -0.1) is 0 Å². The van der Waals surface area contributed by atoms with Crippen molar-refractivity contribution in [1.82, 2.24) is 0 Å². The molecule has 0 atom stereocenters. The van der Waals surface area contributed by atoms with E-state index < -0.39 is 0 Å². The highest BCUT2D eigenvalue weighted by Gasteiger charge is 2.04. The summed E-state index contributed by atoms with van der Waals surface area (Å²) in [5, 5.41) is 8.36. The van der Waals surface area contributed by atoms with Crippen LogP contribution in [-0.4, -0.2) is 19.9 Å². The molecular formula is C18H20N2O. The lowest BCUT2D eigenvalue weighted by Crippen LogP contribution is -2.08. The first-order valence-corrected chi connectivity index (χ1v) is 6.73. The van der Waals surface area contributed by atoms with Crippen LogP contribution in [0.1, 0.15) is 22.3 Å². The summed E-state index contributed by atoms with van der Waals surface area (Å²) in [6, 6.07) is 19.3. The predicted molar refractivity (Wildman–Crippen MR) is 86.5 cm³/mol. The summed E-state index contributed by atoms with van der Waals surface area (Å²) in [5.41, 5.74) is 2.96. The van der Waals surface area contributed by atoms with Gasteiger partial charge in [-0.2, -0.15) is 5.26 Å². The molecule has 0 aromatic heterocycles. The number of Topliss-reactive ketones (excluding diaryl/α,β-unsaturated/α-hetero) is 1. The van der Waals surface area contributed by atoms with E-state index in [1.807, 2.05) is 55.4 Å². The van der Waals surface area contributed by atoms with Gasteiger partial charge in [-0.05, 0) is 31.2 Å². The number of nitrogens with zero attached hydrogens (tertiary/aromatic N) is 2. The van der Waals surface area contributed by atoms with Crippen LogP contribution in [0.5, 0.6) is 0 Å². The summed E-state index contributed by atoms with van der Waals surface area (Å²) < 4.78 is 0. The van der Waals surface area contributed by atoms with Gasteiger partial charge in [-0.3, -0.25) is 4.79 Å². The van der Waals surface area contributed by atoms with Crippen molar-refractivity contribution >= 4 is 11.5 Å². The molecule has 108 valence electrons. The van der Waals surface area contributed by atoms with Gasteiger partial charge in [0.15, 0.2) is 5.78 Å². The summed E-state index contributed by atoms with van der Waals surface area (Å²) in [4.78, 5) is 13.2. The minimum Gasteiger partial charge on any atom is -0.378 e. The number of benzene rings is 2. The van der Waals surface area contributed by atoms with Gasteiger partial charge >= 0.3 is 0 Å². The average molecular weight is 280 g/mol. The Hall–Kier alpha value is -2.60. The van der Waals surface area contributed by atoms with Gasteiger partial charge in [0.05, 0.1) is 12.5 Å². The second kappa shape index (κ2) is 8.55. The number of rotatable bonds is 3. The Bertz CT molecular complexity index is 595. The largest absolute Gasteiger partial charge is 0.378 e. The summed E-state index contributed by atoms with van der Waals surface area (Å²) >= 11 is 0. The number of aryl methyl sites for hydroxylation is 1. The third-order valence-corrected chi connectivity index (χ3v) is 2.89. The Kier molecular flexibility index (Phi) is 6.70. The molecule has 3 heteroatoms. The van der Waals surface area contributed by atoms with E-state index in [4.69, 9.17) is 5.26 Å². The molecule has 2 aromatic carbocycles. The Morgan fingerprint density at radius 3 is 2.00 bits per heavy atom. The molecule has 0 saturated carbocycles. The molecule has 3 nitrogen and oxygen atoms in total. The molecule has 0 aliphatic rings. The fraction of sp³-hybridized carbons (Fsp3) is 0.222. The highest BCUT2D eigenvalue weighted by molar-refractivity contribution is 5.97. The molecule has 0 amide bonds. The van der Waals surface area contributed by atoms with Crippen LogP contribution in [0, 0.1) is 18.3 Å². The van der Waals surface area contributed by atoms with E-state index >= 15 is 0 Å². The summed E-state index contributed by atoms with van der Waals surface area (Å²) in [6.45, 7) is 2.08. The van der Waals surface area contributed by atoms with Crippen molar-refractivity contribution in [2.24, 2.45) is 0 Å². The lowest BCUT2D eigenvalue weighted by Gasteiger charge is -2.11. The SMILES string of the molecule is CN(C)c1ccc(C(=O)CC#N)cc1.Cc1ccccc1. The minimum atomic E-state index is -0.127. The van der Waals surface area contributed by atoms with Crippen LogP contribution in [0.15, 0.2) is 54.6 Å². The summed E-state index contributed by atoms with van der Waals surface area (Å²) in [7, 11) is 3.87. The summed E-state index contributed by atoms with van der Waals surface area (Å²) in [6.07, 6.45) is -0.0543. The molecule has 0 spiro atoms. The number of carbonyl (C=O) groups excluding carboxylic acids is 1. The van der Waals surface area contributed by atoms with Gasteiger partial charge in [0.1, 0.15) is 0 Å². The van der Waals surface area contributed by atoms with E-state index in [0.29, 0.717) is 5.56 Å². The lowest BCUT2D eigenvalue weighted by atomic mass is 10.1. The molecule has 0 aliphatic carbocycles. The molecule has 0 aliphatic heterocycles. The minimum absolute atomic E-state index is 0.0543. The number of anilines is 1. The maximum absolute atomic E-state index is 11.3. The first kappa shape index (κ1) is 16.5. The molecular weight excluding hydrogens is 260 g/mol. The Morgan fingerprint density at radius 2 is 1.62 bits per heavy atom. The first-order chi connectivity index (χ1) is 10.0. The Morgan fingerprint density at radius 1 is 1.05 bits per heavy atom. The topological polar surface area (TPSA) is 44.1 Å². The van der Waals surface area contributed by atoms with Gasteiger partial charge < -0.3 is 4.90 Å². The average Bonchev–Trinajstić information content (AvgIpc) is 2.49. The van der Waals surface area contributed by atoms with E-state index in [9.17, 15) is 4.79 Å². The quantitative estimate of drug-likeness (QED) is 0.802. The van der Waals surface area contributed by atoms with Crippen LogP contribution < -0.4 is 4.90 Å². The summed E-state index contributed by atoms with van der Waals surface area (Å²) in [5.74, 6) is -0.127. The molecule has 0 heterocycles. The van der Waals surface area contributed by atoms with E-state index in [1.165, 1.54) is 5.56 Å². The first-order valence-electron chi connectivity index (χ1n) is 6.73. The van der Waals surface area contributed by atoms with Crippen LogP contribution in [0.4, 0.5) is 5.69 Å². The molecule has 21 heavy (non-hydrogen) atoms. The highest BCUT2D eigenvalue weighted by atomic mass is 16.1. The van der Waals surface area contributed by atoms with Crippen LogP contribution >= 0.6 is 0 Å². The van der Waals surface area contributed by atoms with Crippen molar-refractivity contribution < 1.29 is 4.79 Å². The molecule has 0 fully saturated rings. The third-order valence-electron chi connectivity index (χ3n) is 2.89. The van der Waals surface area contributed by atoms with Crippen LogP contribution in [-0.2, 0) is 0 Å². The van der Waals surface area contributed by atoms with Crippen molar-refractivity contribution in [2.45, 2.75) is 13.3 Å². The van der Waals surface area contributed by atoms with Crippen molar-refractivity contribution in [3.63, 3.8) is 0 Å². The fourth-order valence-corrected chi connectivity index (χ4v) is 1.65. The van der Waals surface area contributed by atoms with Gasteiger partial charge in [0.2, 0.25) is 0 Å². The number of carbonyl (C=O) groups is 1. The van der Waals surface area contributed by atoms with Gasteiger partial charge in [0, 0.05) is 25.3 Å². The second-order valence-electron chi connectivity index (χ2n) is 4.85. The molecule has 2 rings (SSSR count). The standard InChI is InChI=1S/C11H12N2O.C7H8/c1-13(2)10-5-3-9(4-6-10)11(14)7-8-12;1-7-5-3-2-4-6-7/h3-6H,7H2,1-2H3;2-6H,1H3. The van der Waals surface area contributed by atoms with Crippen molar-refractivity contribution in [3.05, 3.63) is 65.7 Å². The van der Waals surface area contributed by atoms with E-state index in [1.54, 1.807) is 12.1 Å². The highest BCUT2D eigenvalue weighted by Crippen LogP contribution is 2.13. The zero-order valence-corrected chi connectivity index (χ0v) is 12.7. The van der Waals surface area contributed by atoms with E-state index in [0.717, 1.165) is 5.69 Å². The molecule has 0 N–H and O–H groups in total. The maximum Gasteiger partial charge on any atom is 0.176 e. The molecule has 0 bridgehead atoms. The van der Waals surface area contributed by atoms with Gasteiger partial charge in [-0.25, -0.2) is 0 Å². The van der Waals surface area contributed by atoms with E-state index in [-0.39, 0.29) is 12.2 Å². The Balaban J connectivity index is 0.000000262. The van der Waals surface area contributed by atoms with Crippen LogP contribution in [0.2, 0.25) is 0 Å². The Labute approximate surface area is 126 Å². The van der Waals surface area contributed by atoms with Gasteiger partial charge in [-0.1, -0.05) is 35.9 Å². The van der Waals surface area contributed by atoms with Crippen LogP contribution in [0.25, 0.3) is 0 Å². The third kappa shape index (κ3) is 5.92. The maximum atomic E-state index is 11.3. The fourth-order valence-electron chi connectivity index (χ4n) is 1.65. The number of ketones is 1. The van der Waals surface area contributed by atoms with Gasteiger partial charge in [0.25, 0.3) is 0 Å². The lowest BCUT2D eigenvalue weighted by molar-refractivity contribution is 0.0998. The number of nitriles is 1. The number of hydrogen-bond donors (Lipinski definition) is 0. The molecule has 2 aromatic rings. The number of hydrogen-bond acceptors (Lipinski definition) is 3.